The second-order valence-electron chi connectivity index (χ2n) is 4.27. The van der Waals surface area contributed by atoms with Crippen molar-refractivity contribution in [2.24, 2.45) is 0 Å². The first-order valence-corrected chi connectivity index (χ1v) is 7.11. The Morgan fingerprint density at radius 2 is 1.94 bits per heavy atom. The molecule has 1 saturated carbocycles. The Labute approximate surface area is 111 Å². The fraction of sp³-hybridized carbons (Fsp3) is 0.385. The molecule has 96 valence electrons. The Bertz CT molecular complexity index is 418. The summed E-state index contributed by atoms with van der Waals surface area (Å²) in [5, 5.41) is 5.04. The highest BCUT2D eigenvalue weighted by Gasteiger charge is 2.23. The summed E-state index contributed by atoms with van der Waals surface area (Å²) in [6.07, 6.45) is 2.04. The average molecular weight is 264 g/mol. The van der Waals surface area contributed by atoms with E-state index >= 15 is 0 Å². The van der Waals surface area contributed by atoms with Crippen LogP contribution < -0.4 is 10.6 Å². The highest BCUT2D eigenvalue weighted by Crippen LogP contribution is 2.18. The van der Waals surface area contributed by atoms with Gasteiger partial charge in [-0.05, 0) is 18.4 Å². The number of amides is 3. The molecule has 0 atom stereocenters. The van der Waals surface area contributed by atoms with E-state index in [1.165, 1.54) is 17.3 Å². The number of rotatable bonds is 5. The van der Waals surface area contributed by atoms with E-state index in [1.807, 2.05) is 30.3 Å². The van der Waals surface area contributed by atoms with Gasteiger partial charge in [0.2, 0.25) is 5.91 Å². The van der Waals surface area contributed by atoms with Crippen molar-refractivity contribution < 1.29 is 9.59 Å². The standard InChI is InChI=1S/C13H16N2O2S/c16-12(15-13(17)14-11-6-7-11)9-18-8-10-4-2-1-3-5-10/h1-5,11H,6-9H2,(H2,14,15,16,17). The summed E-state index contributed by atoms with van der Waals surface area (Å²) in [6.45, 7) is 0. The zero-order chi connectivity index (χ0) is 12.8. The van der Waals surface area contributed by atoms with Crippen molar-refractivity contribution in [2.45, 2.75) is 24.6 Å². The van der Waals surface area contributed by atoms with Crippen LogP contribution >= 0.6 is 11.8 Å². The molecule has 0 bridgehead atoms. The smallest absolute Gasteiger partial charge is 0.321 e. The zero-order valence-corrected chi connectivity index (χ0v) is 10.8. The predicted molar refractivity (Wildman–Crippen MR) is 72.3 cm³/mol. The van der Waals surface area contributed by atoms with E-state index in [2.05, 4.69) is 10.6 Å². The second kappa shape index (κ2) is 6.44. The molecule has 1 aromatic carbocycles. The Hall–Kier alpha value is -1.49. The minimum Gasteiger partial charge on any atom is -0.335 e. The number of thioether (sulfide) groups is 1. The van der Waals surface area contributed by atoms with Crippen molar-refractivity contribution >= 4 is 23.7 Å². The van der Waals surface area contributed by atoms with Gasteiger partial charge < -0.3 is 5.32 Å². The van der Waals surface area contributed by atoms with Gasteiger partial charge in [0.25, 0.3) is 0 Å². The molecular formula is C13H16N2O2S. The van der Waals surface area contributed by atoms with Gasteiger partial charge in [-0.1, -0.05) is 30.3 Å². The van der Waals surface area contributed by atoms with E-state index in [1.54, 1.807) is 0 Å². The third kappa shape index (κ3) is 4.79. The second-order valence-corrected chi connectivity index (χ2v) is 5.26. The summed E-state index contributed by atoms with van der Waals surface area (Å²) < 4.78 is 0. The fourth-order valence-corrected chi connectivity index (χ4v) is 2.24. The lowest BCUT2D eigenvalue weighted by Crippen LogP contribution is -2.41. The lowest BCUT2D eigenvalue weighted by atomic mass is 10.2. The molecule has 1 aliphatic carbocycles. The van der Waals surface area contributed by atoms with Gasteiger partial charge >= 0.3 is 6.03 Å². The molecule has 0 spiro atoms. The van der Waals surface area contributed by atoms with E-state index < -0.39 is 0 Å². The van der Waals surface area contributed by atoms with Gasteiger partial charge in [0.05, 0.1) is 5.75 Å². The minimum absolute atomic E-state index is 0.242. The molecule has 1 aliphatic rings. The van der Waals surface area contributed by atoms with Crippen LogP contribution in [0.4, 0.5) is 4.79 Å². The molecule has 0 aromatic heterocycles. The Kier molecular flexibility index (Phi) is 4.64. The summed E-state index contributed by atoms with van der Waals surface area (Å²) >= 11 is 1.50. The SMILES string of the molecule is O=C(CSCc1ccccc1)NC(=O)NC1CC1. The van der Waals surface area contributed by atoms with Gasteiger partial charge in [-0.25, -0.2) is 4.79 Å². The van der Waals surface area contributed by atoms with Gasteiger partial charge in [0, 0.05) is 11.8 Å². The van der Waals surface area contributed by atoms with Crippen molar-refractivity contribution in [2.75, 3.05) is 5.75 Å². The van der Waals surface area contributed by atoms with Crippen LogP contribution in [0.15, 0.2) is 30.3 Å². The summed E-state index contributed by atoms with van der Waals surface area (Å²) in [7, 11) is 0. The van der Waals surface area contributed by atoms with E-state index in [4.69, 9.17) is 0 Å². The summed E-state index contributed by atoms with van der Waals surface area (Å²) in [6, 6.07) is 9.84. The number of nitrogens with one attached hydrogen (secondary N) is 2. The van der Waals surface area contributed by atoms with Crippen molar-refractivity contribution in [1.29, 1.82) is 0 Å². The highest BCUT2D eigenvalue weighted by molar-refractivity contribution is 7.99. The first-order chi connectivity index (χ1) is 8.74. The molecule has 1 aromatic rings. The van der Waals surface area contributed by atoms with E-state index in [9.17, 15) is 9.59 Å². The van der Waals surface area contributed by atoms with Gasteiger partial charge in [0.15, 0.2) is 0 Å². The van der Waals surface area contributed by atoms with Gasteiger partial charge in [-0.15, -0.1) is 11.8 Å². The highest BCUT2D eigenvalue weighted by atomic mass is 32.2. The quantitative estimate of drug-likeness (QED) is 0.854. The lowest BCUT2D eigenvalue weighted by Gasteiger charge is -2.05. The maximum absolute atomic E-state index is 11.5. The van der Waals surface area contributed by atoms with Crippen LogP contribution in [-0.2, 0) is 10.5 Å². The first-order valence-electron chi connectivity index (χ1n) is 5.96. The number of carbonyl (C=O) groups excluding carboxylic acids is 2. The van der Waals surface area contributed by atoms with E-state index in [-0.39, 0.29) is 18.0 Å². The molecule has 2 N–H and O–H groups in total. The van der Waals surface area contributed by atoms with Crippen LogP contribution in [-0.4, -0.2) is 23.7 Å². The number of carbonyl (C=O) groups is 2. The van der Waals surface area contributed by atoms with E-state index in [0.29, 0.717) is 5.75 Å². The van der Waals surface area contributed by atoms with Crippen LogP contribution in [0, 0.1) is 0 Å². The van der Waals surface area contributed by atoms with Gasteiger partial charge in [-0.2, -0.15) is 0 Å². The molecule has 5 heteroatoms. The van der Waals surface area contributed by atoms with Crippen LogP contribution in [0.2, 0.25) is 0 Å². The fourth-order valence-electron chi connectivity index (χ4n) is 1.45. The third-order valence-corrected chi connectivity index (χ3v) is 3.51. The molecule has 0 heterocycles. The predicted octanol–water partition coefficient (Wildman–Crippen LogP) is 1.91. The number of hydrogen-bond acceptors (Lipinski definition) is 3. The molecule has 1 fully saturated rings. The number of hydrogen-bond donors (Lipinski definition) is 2. The zero-order valence-electron chi connectivity index (χ0n) is 10.0. The van der Waals surface area contributed by atoms with Crippen molar-refractivity contribution in [3.8, 4) is 0 Å². The monoisotopic (exact) mass is 264 g/mol. The number of benzene rings is 1. The van der Waals surface area contributed by atoms with E-state index in [0.717, 1.165) is 18.6 Å². The molecule has 4 nitrogen and oxygen atoms in total. The third-order valence-electron chi connectivity index (χ3n) is 2.51. The maximum Gasteiger partial charge on any atom is 0.321 e. The molecular weight excluding hydrogens is 248 g/mol. The van der Waals surface area contributed by atoms with Crippen LogP contribution in [0.25, 0.3) is 0 Å². The Balaban J connectivity index is 1.60. The molecule has 0 unspecified atom stereocenters. The molecule has 0 aliphatic heterocycles. The molecule has 0 saturated heterocycles. The average Bonchev–Trinajstić information content (AvgIpc) is 3.14. The summed E-state index contributed by atoms with van der Waals surface area (Å²) in [4.78, 5) is 22.7. The lowest BCUT2D eigenvalue weighted by molar-refractivity contribution is -0.117. The van der Waals surface area contributed by atoms with Crippen LogP contribution in [0.1, 0.15) is 18.4 Å². The minimum atomic E-state index is -0.372. The van der Waals surface area contributed by atoms with Crippen molar-refractivity contribution in [3.05, 3.63) is 35.9 Å². The molecule has 0 radical (unpaired) electrons. The Morgan fingerprint density at radius 3 is 2.61 bits per heavy atom. The maximum atomic E-state index is 11.5. The van der Waals surface area contributed by atoms with Gasteiger partial charge in [0.1, 0.15) is 0 Å². The van der Waals surface area contributed by atoms with Crippen LogP contribution in [0.3, 0.4) is 0 Å². The topological polar surface area (TPSA) is 58.2 Å². The molecule has 18 heavy (non-hydrogen) atoms. The molecule has 2 rings (SSSR count). The first kappa shape index (κ1) is 13.0. The molecule has 3 amide bonds. The van der Waals surface area contributed by atoms with Crippen molar-refractivity contribution in [3.63, 3.8) is 0 Å². The Morgan fingerprint density at radius 1 is 1.22 bits per heavy atom. The normalized spacial score (nSPS) is 14.0. The largest absolute Gasteiger partial charge is 0.335 e. The van der Waals surface area contributed by atoms with Gasteiger partial charge in [-0.3, -0.25) is 10.1 Å². The van der Waals surface area contributed by atoms with Crippen LogP contribution in [0.5, 0.6) is 0 Å². The number of urea groups is 1. The van der Waals surface area contributed by atoms with Crippen molar-refractivity contribution in [1.82, 2.24) is 10.6 Å². The number of imide groups is 1. The summed E-state index contributed by atoms with van der Waals surface area (Å²) in [5.41, 5.74) is 1.18. The summed E-state index contributed by atoms with van der Waals surface area (Å²) in [5.74, 6) is 0.833.